The van der Waals surface area contributed by atoms with Gasteiger partial charge in [0.1, 0.15) is 0 Å². The fraction of sp³-hybridized carbons (Fsp3) is 0.190. The molecule has 0 saturated heterocycles. The van der Waals surface area contributed by atoms with Crippen LogP contribution in [0.1, 0.15) is 28.4 Å². The number of esters is 1. The Hall–Kier alpha value is -3.46. The zero-order chi connectivity index (χ0) is 21.7. The van der Waals surface area contributed by atoms with E-state index in [0.717, 1.165) is 11.1 Å². The van der Waals surface area contributed by atoms with Crippen LogP contribution in [-0.4, -0.2) is 34.2 Å². The van der Waals surface area contributed by atoms with Gasteiger partial charge in [-0.3, -0.25) is 14.6 Å². The molecule has 1 amide bonds. The van der Waals surface area contributed by atoms with Crippen molar-refractivity contribution >= 4 is 29.3 Å². The van der Waals surface area contributed by atoms with Gasteiger partial charge in [0.15, 0.2) is 10.9 Å². The van der Waals surface area contributed by atoms with Gasteiger partial charge in [-0.2, -0.15) is 0 Å². The van der Waals surface area contributed by atoms with Crippen LogP contribution in [0.15, 0.2) is 52.4 Å². The molecule has 0 saturated carbocycles. The first-order chi connectivity index (χ1) is 14.4. The topological polar surface area (TPSA) is 114 Å². The molecule has 1 aromatic heterocycles. The van der Waals surface area contributed by atoms with Gasteiger partial charge in [0.05, 0.1) is 18.4 Å². The van der Waals surface area contributed by atoms with Crippen LogP contribution in [0, 0.1) is 6.92 Å². The number of ether oxygens (including phenoxy) is 1. The second-order valence-corrected chi connectivity index (χ2v) is 7.48. The summed E-state index contributed by atoms with van der Waals surface area (Å²) in [6.07, 6.45) is 0. The van der Waals surface area contributed by atoms with Crippen LogP contribution >= 0.6 is 11.8 Å². The first-order valence-electron chi connectivity index (χ1n) is 9.03. The largest absolute Gasteiger partial charge is 0.465 e. The fourth-order valence-electron chi connectivity index (χ4n) is 2.72. The molecule has 30 heavy (non-hydrogen) atoms. The second kappa shape index (κ2) is 9.36. The van der Waals surface area contributed by atoms with E-state index in [1.165, 1.54) is 25.8 Å². The van der Waals surface area contributed by atoms with Crippen LogP contribution in [0.25, 0.3) is 11.3 Å². The van der Waals surface area contributed by atoms with E-state index in [0.29, 0.717) is 27.7 Å². The Morgan fingerprint density at radius 2 is 1.87 bits per heavy atom. The summed E-state index contributed by atoms with van der Waals surface area (Å²) in [5.74, 6) is -0.0999. The van der Waals surface area contributed by atoms with Crippen molar-refractivity contribution in [2.45, 2.75) is 24.8 Å². The van der Waals surface area contributed by atoms with E-state index >= 15 is 0 Å². The van der Waals surface area contributed by atoms with Crippen molar-refractivity contribution in [2.75, 3.05) is 12.4 Å². The van der Waals surface area contributed by atoms with Gasteiger partial charge in [-0.15, -0.1) is 10.2 Å². The maximum absolute atomic E-state index is 12.6. The van der Waals surface area contributed by atoms with Crippen molar-refractivity contribution in [1.82, 2.24) is 15.2 Å². The van der Waals surface area contributed by atoms with Crippen molar-refractivity contribution in [1.29, 1.82) is 0 Å². The molecule has 0 aliphatic heterocycles. The molecule has 0 atom stereocenters. The number of carbonyl (C=O) groups is 2. The molecule has 3 rings (SSSR count). The molecule has 3 aromatic rings. The van der Waals surface area contributed by atoms with Gasteiger partial charge in [-0.25, -0.2) is 4.79 Å². The highest BCUT2D eigenvalue weighted by Gasteiger charge is 2.14. The normalized spacial score (nSPS) is 10.5. The summed E-state index contributed by atoms with van der Waals surface area (Å²) in [7, 11) is 1.33. The van der Waals surface area contributed by atoms with Gasteiger partial charge in [0, 0.05) is 18.2 Å². The summed E-state index contributed by atoms with van der Waals surface area (Å²) in [5, 5.41) is 11.3. The van der Waals surface area contributed by atoms with Crippen molar-refractivity contribution in [3.8, 4) is 11.3 Å². The Labute approximate surface area is 177 Å². The molecule has 0 aliphatic rings. The molecule has 2 N–H and O–H groups in total. The number of amides is 1. The average Bonchev–Trinajstić information content (AvgIpc) is 2.73. The van der Waals surface area contributed by atoms with Crippen molar-refractivity contribution < 1.29 is 14.3 Å². The predicted molar refractivity (Wildman–Crippen MR) is 114 cm³/mol. The predicted octanol–water partition coefficient (Wildman–Crippen LogP) is 3.18. The monoisotopic (exact) mass is 424 g/mol. The number of nitrogens with zero attached hydrogens (tertiary/aromatic N) is 2. The van der Waals surface area contributed by atoms with Crippen molar-refractivity contribution in [3.63, 3.8) is 0 Å². The molecule has 0 aliphatic carbocycles. The number of rotatable bonds is 6. The number of benzene rings is 2. The minimum atomic E-state index is -0.397. The molecule has 0 fully saturated rings. The summed E-state index contributed by atoms with van der Waals surface area (Å²) >= 11 is 1.31. The molecule has 9 heteroatoms. The van der Waals surface area contributed by atoms with E-state index in [4.69, 9.17) is 0 Å². The van der Waals surface area contributed by atoms with Crippen LogP contribution < -0.4 is 10.9 Å². The molecule has 0 radical (unpaired) electrons. The van der Waals surface area contributed by atoms with Crippen molar-refractivity contribution in [2.24, 2.45) is 0 Å². The third-order valence-electron chi connectivity index (χ3n) is 4.17. The number of methoxy groups -OCH3 is 1. The lowest BCUT2D eigenvalue weighted by molar-refractivity contribution is -0.114. The van der Waals surface area contributed by atoms with E-state index < -0.39 is 11.5 Å². The third-order valence-corrected chi connectivity index (χ3v) is 5.10. The van der Waals surface area contributed by atoms with E-state index in [1.54, 1.807) is 24.3 Å². The smallest absolute Gasteiger partial charge is 0.337 e. The van der Waals surface area contributed by atoms with Crippen LogP contribution in [-0.2, 0) is 15.3 Å². The van der Waals surface area contributed by atoms with Gasteiger partial charge >= 0.3 is 5.97 Å². The number of hydrogen-bond acceptors (Lipinski definition) is 7. The van der Waals surface area contributed by atoms with Gasteiger partial charge in [0.25, 0.3) is 5.56 Å². The van der Waals surface area contributed by atoms with E-state index in [9.17, 15) is 14.4 Å². The van der Waals surface area contributed by atoms with E-state index in [-0.39, 0.29) is 11.6 Å². The van der Waals surface area contributed by atoms with Crippen LogP contribution in [0.4, 0.5) is 5.69 Å². The minimum absolute atomic E-state index is 0.134. The maximum atomic E-state index is 12.6. The Morgan fingerprint density at radius 1 is 1.13 bits per heavy atom. The lowest BCUT2D eigenvalue weighted by Gasteiger charge is -2.10. The Balaban J connectivity index is 1.78. The Bertz CT molecular complexity index is 1140. The summed E-state index contributed by atoms with van der Waals surface area (Å²) in [6.45, 7) is 3.29. The number of hydrogen-bond donors (Lipinski definition) is 2. The third kappa shape index (κ3) is 5.12. The van der Waals surface area contributed by atoms with Gasteiger partial charge in [-0.1, -0.05) is 35.5 Å². The highest BCUT2D eigenvalue weighted by atomic mass is 32.2. The molecular weight excluding hydrogens is 404 g/mol. The molecule has 154 valence electrons. The highest BCUT2D eigenvalue weighted by molar-refractivity contribution is 7.98. The van der Waals surface area contributed by atoms with E-state index in [1.807, 2.05) is 25.1 Å². The molecule has 1 heterocycles. The quantitative estimate of drug-likeness (QED) is 0.461. The number of anilines is 1. The Morgan fingerprint density at radius 3 is 2.50 bits per heavy atom. The molecule has 0 spiro atoms. The highest BCUT2D eigenvalue weighted by Crippen LogP contribution is 2.26. The Kier molecular flexibility index (Phi) is 6.63. The zero-order valence-electron chi connectivity index (χ0n) is 16.7. The molecule has 8 nitrogen and oxygen atoms in total. The molecule has 2 aromatic carbocycles. The SMILES string of the molecule is COC(=O)c1ccc(CSc2nnc(-c3cc(C)ccc3NC(C)=O)c(=O)[nH]2)cc1. The van der Waals surface area contributed by atoms with Crippen LogP contribution in [0.3, 0.4) is 0 Å². The molecule has 0 bridgehead atoms. The number of thioether (sulfide) groups is 1. The first kappa shape index (κ1) is 21.3. The summed E-state index contributed by atoms with van der Waals surface area (Å²) in [5.41, 5.74) is 3.09. The van der Waals surface area contributed by atoms with Gasteiger partial charge in [-0.05, 0) is 36.8 Å². The number of nitrogens with one attached hydrogen (secondary N) is 2. The second-order valence-electron chi connectivity index (χ2n) is 6.52. The lowest BCUT2D eigenvalue weighted by atomic mass is 10.1. The van der Waals surface area contributed by atoms with Crippen LogP contribution in [0.2, 0.25) is 0 Å². The molecular formula is C21H20N4O4S. The zero-order valence-corrected chi connectivity index (χ0v) is 17.5. The van der Waals surface area contributed by atoms with Gasteiger partial charge < -0.3 is 10.1 Å². The number of carbonyl (C=O) groups excluding carboxylic acids is 2. The average molecular weight is 424 g/mol. The number of aromatic nitrogens is 3. The maximum Gasteiger partial charge on any atom is 0.337 e. The standard InChI is InChI=1S/C21H20N4O4S/c1-12-4-9-17(22-13(2)26)16(10-12)18-19(27)23-21(25-24-18)30-11-14-5-7-15(8-6-14)20(28)29-3/h4-10H,11H2,1-3H3,(H,22,26)(H,23,25,27). The van der Waals surface area contributed by atoms with Crippen molar-refractivity contribution in [3.05, 3.63) is 69.5 Å². The summed E-state index contributed by atoms with van der Waals surface area (Å²) in [6, 6.07) is 12.3. The lowest BCUT2D eigenvalue weighted by Crippen LogP contribution is -2.16. The summed E-state index contributed by atoms with van der Waals surface area (Å²) < 4.78 is 4.68. The van der Waals surface area contributed by atoms with E-state index in [2.05, 4.69) is 25.2 Å². The molecule has 0 unspecified atom stereocenters. The number of aryl methyl sites for hydroxylation is 1. The fourth-order valence-corrected chi connectivity index (χ4v) is 3.48. The first-order valence-corrected chi connectivity index (χ1v) is 10.0. The minimum Gasteiger partial charge on any atom is -0.465 e. The number of H-pyrrole nitrogens is 1. The summed E-state index contributed by atoms with van der Waals surface area (Å²) in [4.78, 5) is 38.3. The number of aromatic amines is 1. The van der Waals surface area contributed by atoms with Gasteiger partial charge in [0.2, 0.25) is 5.91 Å². The van der Waals surface area contributed by atoms with Crippen LogP contribution in [0.5, 0.6) is 0 Å².